The van der Waals surface area contributed by atoms with Crippen LogP contribution in [0, 0.1) is 0 Å². The fourth-order valence-electron chi connectivity index (χ4n) is 1.62. The van der Waals surface area contributed by atoms with Crippen molar-refractivity contribution in [2.75, 3.05) is 13.2 Å². The van der Waals surface area contributed by atoms with Crippen LogP contribution in [-0.2, 0) is 17.9 Å². The minimum absolute atomic E-state index is 0.235. The van der Waals surface area contributed by atoms with Gasteiger partial charge in [-0.15, -0.1) is 0 Å². The van der Waals surface area contributed by atoms with Gasteiger partial charge >= 0.3 is 0 Å². The van der Waals surface area contributed by atoms with Crippen molar-refractivity contribution in [3.8, 4) is 0 Å². The van der Waals surface area contributed by atoms with Gasteiger partial charge in [-0.05, 0) is 37.9 Å². The Morgan fingerprint density at radius 1 is 1.29 bits per heavy atom. The first-order valence-electron chi connectivity index (χ1n) is 6.27. The molecule has 1 atom stereocenters. The highest BCUT2D eigenvalue weighted by Crippen LogP contribution is 2.09. The maximum Gasteiger partial charge on any atom is 0.0719 e. The standard InChI is InChI=1S/C14H23NO2/c1-3-17-11-14-7-5-4-6-13(14)10-15-9-8-12(2)16/h4-7,12,15-16H,3,8-11H2,1-2H3. The molecule has 0 saturated heterocycles. The van der Waals surface area contributed by atoms with Crippen LogP contribution < -0.4 is 5.32 Å². The average Bonchev–Trinajstić information content (AvgIpc) is 2.33. The highest BCUT2D eigenvalue weighted by molar-refractivity contribution is 5.26. The summed E-state index contributed by atoms with van der Waals surface area (Å²) in [6.45, 7) is 6.89. The van der Waals surface area contributed by atoms with Crippen molar-refractivity contribution < 1.29 is 9.84 Å². The predicted octanol–water partition coefficient (Wildman–Crippen LogP) is 2.08. The van der Waals surface area contributed by atoms with Gasteiger partial charge in [0.05, 0.1) is 12.7 Å². The van der Waals surface area contributed by atoms with Crippen molar-refractivity contribution in [3.63, 3.8) is 0 Å². The minimum Gasteiger partial charge on any atom is -0.393 e. The summed E-state index contributed by atoms with van der Waals surface area (Å²) in [7, 11) is 0. The van der Waals surface area contributed by atoms with E-state index in [1.54, 1.807) is 0 Å². The molecule has 0 aliphatic heterocycles. The van der Waals surface area contributed by atoms with Crippen LogP contribution >= 0.6 is 0 Å². The number of nitrogens with one attached hydrogen (secondary N) is 1. The monoisotopic (exact) mass is 237 g/mol. The van der Waals surface area contributed by atoms with Crippen LogP contribution in [-0.4, -0.2) is 24.4 Å². The molecule has 2 N–H and O–H groups in total. The van der Waals surface area contributed by atoms with Gasteiger partial charge < -0.3 is 15.2 Å². The summed E-state index contributed by atoms with van der Waals surface area (Å²) >= 11 is 0. The molecule has 0 bridgehead atoms. The van der Waals surface area contributed by atoms with E-state index >= 15 is 0 Å². The fraction of sp³-hybridized carbons (Fsp3) is 0.571. The van der Waals surface area contributed by atoms with Crippen LogP contribution in [0.2, 0.25) is 0 Å². The number of hydrogen-bond donors (Lipinski definition) is 2. The maximum atomic E-state index is 9.16. The van der Waals surface area contributed by atoms with Crippen LogP contribution in [0.4, 0.5) is 0 Å². The molecule has 3 heteroatoms. The Balaban J connectivity index is 2.40. The van der Waals surface area contributed by atoms with Gasteiger partial charge in [-0.1, -0.05) is 24.3 Å². The van der Waals surface area contributed by atoms with E-state index in [0.29, 0.717) is 6.61 Å². The van der Waals surface area contributed by atoms with Crippen molar-refractivity contribution in [3.05, 3.63) is 35.4 Å². The topological polar surface area (TPSA) is 41.5 Å². The van der Waals surface area contributed by atoms with Gasteiger partial charge in [-0.25, -0.2) is 0 Å². The number of aliphatic hydroxyl groups excluding tert-OH is 1. The molecule has 0 aliphatic carbocycles. The molecule has 3 nitrogen and oxygen atoms in total. The second kappa shape index (κ2) is 8.23. The van der Waals surface area contributed by atoms with E-state index in [9.17, 15) is 0 Å². The Labute approximate surface area is 104 Å². The van der Waals surface area contributed by atoms with E-state index in [1.165, 1.54) is 11.1 Å². The molecular weight excluding hydrogens is 214 g/mol. The van der Waals surface area contributed by atoms with Gasteiger partial charge in [-0.3, -0.25) is 0 Å². The van der Waals surface area contributed by atoms with Crippen LogP contribution in [0.15, 0.2) is 24.3 Å². The smallest absolute Gasteiger partial charge is 0.0719 e. The van der Waals surface area contributed by atoms with Crippen molar-refractivity contribution >= 4 is 0 Å². The number of rotatable bonds is 8. The molecule has 0 fully saturated rings. The number of benzene rings is 1. The van der Waals surface area contributed by atoms with Gasteiger partial charge in [0.25, 0.3) is 0 Å². The zero-order chi connectivity index (χ0) is 12.5. The molecule has 1 aromatic rings. The van der Waals surface area contributed by atoms with Gasteiger partial charge in [0.1, 0.15) is 0 Å². The van der Waals surface area contributed by atoms with Crippen molar-refractivity contribution in [1.82, 2.24) is 5.32 Å². The van der Waals surface area contributed by atoms with Crippen LogP contribution in [0.1, 0.15) is 31.4 Å². The molecule has 0 spiro atoms. The molecule has 1 aromatic carbocycles. The van der Waals surface area contributed by atoms with Crippen LogP contribution in [0.3, 0.4) is 0 Å². The third-order valence-corrected chi connectivity index (χ3v) is 2.63. The first-order chi connectivity index (χ1) is 8.24. The molecule has 0 heterocycles. The quantitative estimate of drug-likeness (QED) is 0.680. The fourth-order valence-corrected chi connectivity index (χ4v) is 1.62. The van der Waals surface area contributed by atoms with E-state index < -0.39 is 0 Å². The van der Waals surface area contributed by atoms with Crippen LogP contribution in [0.5, 0.6) is 0 Å². The van der Waals surface area contributed by atoms with Gasteiger partial charge in [-0.2, -0.15) is 0 Å². The lowest BCUT2D eigenvalue weighted by Gasteiger charge is -2.11. The number of hydrogen-bond acceptors (Lipinski definition) is 3. The summed E-state index contributed by atoms with van der Waals surface area (Å²) < 4.78 is 5.44. The summed E-state index contributed by atoms with van der Waals surface area (Å²) in [6.07, 6.45) is 0.550. The van der Waals surface area contributed by atoms with E-state index in [-0.39, 0.29) is 6.10 Å². The molecule has 1 rings (SSSR count). The molecule has 0 radical (unpaired) electrons. The van der Waals surface area contributed by atoms with Gasteiger partial charge in [0.2, 0.25) is 0 Å². The largest absolute Gasteiger partial charge is 0.393 e. The Bertz CT molecular complexity index is 313. The van der Waals surface area contributed by atoms with Crippen LogP contribution in [0.25, 0.3) is 0 Å². The minimum atomic E-state index is -0.235. The average molecular weight is 237 g/mol. The zero-order valence-corrected chi connectivity index (χ0v) is 10.8. The third-order valence-electron chi connectivity index (χ3n) is 2.63. The zero-order valence-electron chi connectivity index (χ0n) is 10.8. The summed E-state index contributed by atoms with van der Waals surface area (Å²) in [5.74, 6) is 0. The van der Waals surface area contributed by atoms with E-state index in [1.807, 2.05) is 26.0 Å². The Morgan fingerprint density at radius 3 is 2.65 bits per heavy atom. The Hall–Kier alpha value is -0.900. The van der Waals surface area contributed by atoms with Crippen molar-refractivity contribution in [2.45, 2.75) is 39.5 Å². The lowest BCUT2D eigenvalue weighted by atomic mass is 10.1. The van der Waals surface area contributed by atoms with E-state index in [4.69, 9.17) is 9.84 Å². The molecular formula is C14H23NO2. The van der Waals surface area contributed by atoms with Gasteiger partial charge in [0, 0.05) is 13.2 Å². The van der Waals surface area contributed by atoms with Crippen molar-refractivity contribution in [1.29, 1.82) is 0 Å². The first kappa shape index (κ1) is 14.2. The SMILES string of the molecule is CCOCc1ccccc1CNCCC(C)O. The molecule has 0 aromatic heterocycles. The molecule has 96 valence electrons. The summed E-state index contributed by atoms with van der Waals surface area (Å²) in [6, 6.07) is 8.29. The Kier molecular flexibility index (Phi) is 6.86. The molecule has 0 saturated carbocycles. The lowest BCUT2D eigenvalue weighted by molar-refractivity contribution is 0.133. The third kappa shape index (κ3) is 5.82. The summed E-state index contributed by atoms with van der Waals surface area (Å²) in [5.41, 5.74) is 2.51. The number of aliphatic hydroxyl groups is 1. The van der Waals surface area contributed by atoms with Crippen molar-refractivity contribution in [2.24, 2.45) is 0 Å². The first-order valence-corrected chi connectivity index (χ1v) is 6.27. The molecule has 1 unspecified atom stereocenters. The maximum absolute atomic E-state index is 9.16. The van der Waals surface area contributed by atoms with Gasteiger partial charge in [0.15, 0.2) is 0 Å². The summed E-state index contributed by atoms with van der Waals surface area (Å²) in [4.78, 5) is 0. The molecule has 0 aliphatic rings. The van der Waals surface area contributed by atoms with E-state index in [0.717, 1.165) is 26.1 Å². The second-order valence-corrected chi connectivity index (χ2v) is 4.22. The summed E-state index contributed by atoms with van der Waals surface area (Å²) in [5, 5.41) is 12.5. The lowest BCUT2D eigenvalue weighted by Crippen LogP contribution is -2.19. The second-order valence-electron chi connectivity index (χ2n) is 4.22. The highest BCUT2D eigenvalue weighted by Gasteiger charge is 2.01. The highest BCUT2D eigenvalue weighted by atomic mass is 16.5. The van der Waals surface area contributed by atoms with E-state index in [2.05, 4.69) is 17.4 Å². The number of ether oxygens (including phenoxy) is 1. The Morgan fingerprint density at radius 2 is 2.00 bits per heavy atom. The predicted molar refractivity (Wildman–Crippen MR) is 69.8 cm³/mol. The molecule has 0 amide bonds. The normalized spacial score (nSPS) is 12.6. The molecule has 17 heavy (non-hydrogen) atoms.